The smallest absolute Gasteiger partial charge is 0.261 e. The Labute approximate surface area is 185 Å². The molecule has 9 heteroatoms. The number of benzene rings is 3. The highest BCUT2D eigenvalue weighted by Gasteiger charge is 2.19. The first-order chi connectivity index (χ1) is 14.9. The molecular formula is C22H19ClN2O5S. The molecule has 2 N–H and O–H groups in total. The molecular weight excluding hydrogens is 440 g/mol. The van der Waals surface area contributed by atoms with E-state index in [1.807, 2.05) is 12.1 Å². The van der Waals surface area contributed by atoms with E-state index < -0.39 is 10.0 Å². The third kappa shape index (κ3) is 5.10. The molecule has 3 aromatic carbocycles. The summed E-state index contributed by atoms with van der Waals surface area (Å²) in [5, 5.41) is 3.45. The molecule has 31 heavy (non-hydrogen) atoms. The van der Waals surface area contributed by atoms with Gasteiger partial charge in [0.2, 0.25) is 6.79 Å². The second-order valence-corrected chi connectivity index (χ2v) is 8.95. The lowest BCUT2D eigenvalue weighted by atomic mass is 10.1. The third-order valence-electron chi connectivity index (χ3n) is 4.64. The largest absolute Gasteiger partial charge is 0.454 e. The zero-order valence-electron chi connectivity index (χ0n) is 16.3. The van der Waals surface area contributed by atoms with Gasteiger partial charge in [-0.1, -0.05) is 29.8 Å². The maximum absolute atomic E-state index is 12.8. The van der Waals surface area contributed by atoms with Crippen molar-refractivity contribution in [3.05, 3.63) is 82.9 Å². The predicted molar refractivity (Wildman–Crippen MR) is 117 cm³/mol. The van der Waals surface area contributed by atoms with E-state index >= 15 is 0 Å². The zero-order valence-corrected chi connectivity index (χ0v) is 17.9. The van der Waals surface area contributed by atoms with Crippen molar-refractivity contribution < 1.29 is 22.7 Å². The molecule has 0 unspecified atom stereocenters. The van der Waals surface area contributed by atoms with Gasteiger partial charge in [0.1, 0.15) is 0 Å². The molecule has 0 saturated carbocycles. The fourth-order valence-electron chi connectivity index (χ4n) is 3.05. The Hall–Kier alpha value is -3.23. The lowest BCUT2D eigenvalue weighted by Crippen LogP contribution is -2.26. The quantitative estimate of drug-likeness (QED) is 0.561. The standard InChI is InChI=1S/C22H19ClN2O5S/c23-17-6-4-15(5-7-17)10-11-24-22(26)16-2-1-3-19(12-16)31(27,28)25-18-8-9-20-21(13-18)30-14-29-20/h1-9,12-13,25H,10-11,14H2,(H,24,26). The number of sulfonamides is 1. The van der Waals surface area contributed by atoms with Crippen molar-refractivity contribution in [2.75, 3.05) is 18.1 Å². The van der Waals surface area contributed by atoms with Crippen LogP contribution >= 0.6 is 11.6 Å². The number of carbonyl (C=O) groups is 1. The molecule has 4 rings (SSSR count). The van der Waals surface area contributed by atoms with Crippen molar-refractivity contribution >= 4 is 33.2 Å². The second-order valence-electron chi connectivity index (χ2n) is 6.83. The Morgan fingerprint density at radius 2 is 1.74 bits per heavy atom. The number of rotatable bonds is 7. The highest BCUT2D eigenvalue weighted by Crippen LogP contribution is 2.34. The summed E-state index contributed by atoms with van der Waals surface area (Å²) in [7, 11) is -3.89. The van der Waals surface area contributed by atoms with Crippen LogP contribution in [-0.2, 0) is 16.4 Å². The molecule has 1 aliphatic heterocycles. The lowest BCUT2D eigenvalue weighted by Gasteiger charge is -2.10. The first-order valence-corrected chi connectivity index (χ1v) is 11.3. The molecule has 0 saturated heterocycles. The van der Waals surface area contributed by atoms with Gasteiger partial charge in [0.05, 0.1) is 10.6 Å². The normalized spacial score (nSPS) is 12.4. The fraction of sp³-hybridized carbons (Fsp3) is 0.136. The summed E-state index contributed by atoms with van der Waals surface area (Å²) in [4.78, 5) is 12.5. The Morgan fingerprint density at radius 3 is 2.55 bits per heavy atom. The summed E-state index contributed by atoms with van der Waals surface area (Å²) in [5.74, 6) is 0.670. The van der Waals surface area contributed by atoms with Crippen molar-refractivity contribution in [3.63, 3.8) is 0 Å². The molecule has 0 atom stereocenters. The lowest BCUT2D eigenvalue weighted by molar-refractivity contribution is 0.0954. The molecule has 7 nitrogen and oxygen atoms in total. The summed E-state index contributed by atoms with van der Waals surface area (Å²) < 4.78 is 38.5. The monoisotopic (exact) mass is 458 g/mol. The number of hydrogen-bond donors (Lipinski definition) is 2. The minimum absolute atomic E-state index is 0.0180. The number of halogens is 1. The second kappa shape index (κ2) is 8.87. The molecule has 0 aromatic heterocycles. The van der Waals surface area contributed by atoms with Crippen molar-refractivity contribution in [2.45, 2.75) is 11.3 Å². The summed E-state index contributed by atoms with van der Waals surface area (Å²) in [5.41, 5.74) is 1.63. The predicted octanol–water partition coefficient (Wildman–Crippen LogP) is 3.84. The molecule has 0 aliphatic carbocycles. The molecule has 1 amide bonds. The minimum atomic E-state index is -3.89. The SMILES string of the molecule is O=C(NCCc1ccc(Cl)cc1)c1cccc(S(=O)(=O)Nc2ccc3c(c2)OCO3)c1. The van der Waals surface area contributed by atoms with Gasteiger partial charge in [-0.25, -0.2) is 8.42 Å². The first kappa shape index (κ1) is 21.0. The fourth-order valence-corrected chi connectivity index (χ4v) is 4.27. The van der Waals surface area contributed by atoms with Gasteiger partial charge in [-0.3, -0.25) is 9.52 Å². The molecule has 160 valence electrons. The molecule has 1 aliphatic rings. The van der Waals surface area contributed by atoms with Crippen LogP contribution in [0.4, 0.5) is 5.69 Å². The minimum Gasteiger partial charge on any atom is -0.454 e. The Morgan fingerprint density at radius 1 is 0.968 bits per heavy atom. The Balaban J connectivity index is 1.41. The number of hydrogen-bond acceptors (Lipinski definition) is 5. The molecule has 0 radical (unpaired) electrons. The van der Waals surface area contributed by atoms with Crippen molar-refractivity contribution in [1.82, 2.24) is 5.32 Å². The van der Waals surface area contributed by atoms with Gasteiger partial charge < -0.3 is 14.8 Å². The van der Waals surface area contributed by atoms with E-state index in [0.29, 0.717) is 35.2 Å². The van der Waals surface area contributed by atoms with Crippen LogP contribution in [0.25, 0.3) is 0 Å². The van der Waals surface area contributed by atoms with E-state index in [4.69, 9.17) is 21.1 Å². The summed E-state index contributed by atoms with van der Waals surface area (Å²) >= 11 is 5.87. The number of amides is 1. The van der Waals surface area contributed by atoms with E-state index in [1.165, 1.54) is 18.2 Å². The molecule has 0 fully saturated rings. The zero-order chi connectivity index (χ0) is 21.8. The van der Waals surface area contributed by atoms with Gasteiger partial charge >= 0.3 is 0 Å². The van der Waals surface area contributed by atoms with Crippen LogP contribution in [0.15, 0.2) is 71.6 Å². The number of nitrogens with one attached hydrogen (secondary N) is 2. The van der Waals surface area contributed by atoms with Crippen LogP contribution in [0, 0.1) is 0 Å². The summed E-state index contributed by atoms with van der Waals surface area (Å²) in [6.07, 6.45) is 0.632. The van der Waals surface area contributed by atoms with Gasteiger partial charge in [0, 0.05) is 23.2 Å². The summed E-state index contributed by atoms with van der Waals surface area (Å²) in [6.45, 7) is 0.508. The average molecular weight is 459 g/mol. The van der Waals surface area contributed by atoms with Crippen LogP contribution < -0.4 is 19.5 Å². The van der Waals surface area contributed by atoms with Crippen LogP contribution in [-0.4, -0.2) is 27.7 Å². The highest BCUT2D eigenvalue weighted by molar-refractivity contribution is 7.92. The number of fused-ring (bicyclic) bond motifs is 1. The van der Waals surface area contributed by atoms with Crippen molar-refractivity contribution in [3.8, 4) is 11.5 Å². The summed E-state index contributed by atoms with van der Waals surface area (Å²) in [6, 6.07) is 18.0. The van der Waals surface area contributed by atoms with Gasteiger partial charge in [-0.05, 0) is 54.4 Å². The third-order valence-corrected chi connectivity index (χ3v) is 6.27. The van der Waals surface area contributed by atoms with Crippen LogP contribution in [0.2, 0.25) is 5.02 Å². The van der Waals surface area contributed by atoms with Gasteiger partial charge in [0.15, 0.2) is 11.5 Å². The van der Waals surface area contributed by atoms with E-state index in [2.05, 4.69) is 10.0 Å². The number of carbonyl (C=O) groups excluding carboxylic acids is 1. The molecule has 0 spiro atoms. The van der Waals surface area contributed by atoms with Gasteiger partial charge in [-0.2, -0.15) is 0 Å². The van der Waals surface area contributed by atoms with Crippen LogP contribution in [0.3, 0.4) is 0 Å². The number of ether oxygens (including phenoxy) is 2. The highest BCUT2D eigenvalue weighted by atomic mass is 35.5. The van der Waals surface area contributed by atoms with Crippen molar-refractivity contribution in [2.24, 2.45) is 0 Å². The van der Waals surface area contributed by atoms with E-state index in [-0.39, 0.29) is 23.2 Å². The topological polar surface area (TPSA) is 93.7 Å². The Bertz CT molecular complexity index is 1210. The van der Waals surface area contributed by atoms with E-state index in [9.17, 15) is 13.2 Å². The van der Waals surface area contributed by atoms with Crippen LogP contribution in [0.5, 0.6) is 11.5 Å². The number of anilines is 1. The van der Waals surface area contributed by atoms with Crippen molar-refractivity contribution in [1.29, 1.82) is 0 Å². The molecule has 0 bridgehead atoms. The average Bonchev–Trinajstić information content (AvgIpc) is 3.23. The van der Waals surface area contributed by atoms with E-state index in [0.717, 1.165) is 5.56 Å². The van der Waals surface area contributed by atoms with Gasteiger partial charge in [-0.15, -0.1) is 0 Å². The van der Waals surface area contributed by atoms with Crippen LogP contribution in [0.1, 0.15) is 15.9 Å². The van der Waals surface area contributed by atoms with Gasteiger partial charge in [0.25, 0.3) is 15.9 Å². The Kier molecular flexibility index (Phi) is 6.01. The maximum atomic E-state index is 12.8. The first-order valence-electron chi connectivity index (χ1n) is 9.46. The molecule has 3 aromatic rings. The molecule has 1 heterocycles. The van der Waals surface area contributed by atoms with E-state index in [1.54, 1.807) is 36.4 Å². The maximum Gasteiger partial charge on any atom is 0.261 e.